The van der Waals surface area contributed by atoms with Crippen LogP contribution in [0.4, 0.5) is 0 Å². The molecule has 0 aromatic rings. The molecule has 0 aliphatic rings. The van der Waals surface area contributed by atoms with E-state index in [4.69, 9.17) is 5.11 Å². The topological polar surface area (TPSA) is 121 Å². The van der Waals surface area contributed by atoms with E-state index in [0.29, 0.717) is 0 Å². The van der Waals surface area contributed by atoms with Crippen LogP contribution in [-0.4, -0.2) is 54.7 Å². The van der Waals surface area contributed by atoms with E-state index in [9.17, 15) is 23.1 Å². The summed E-state index contributed by atoms with van der Waals surface area (Å²) in [7, 11) is -3.45. The Labute approximate surface area is 87.0 Å². The number of sulfone groups is 1. The van der Waals surface area contributed by atoms with Gasteiger partial charge in [-0.1, -0.05) is 0 Å². The molecule has 0 aromatic carbocycles. The summed E-state index contributed by atoms with van der Waals surface area (Å²) >= 11 is 0. The summed E-state index contributed by atoms with van der Waals surface area (Å²) in [6.45, 7) is 0.451. The molecule has 8 heteroatoms. The molecule has 0 spiro atoms. The Hall–Kier alpha value is -1.15. The fraction of sp³-hybridized carbons (Fsp3) is 0.714. The van der Waals surface area contributed by atoms with Crippen LogP contribution in [0.1, 0.15) is 6.92 Å². The SMILES string of the molecule is CC(O)(CNC(=O)CS(C)(=O)=O)C(=O)O. The van der Waals surface area contributed by atoms with Crippen molar-refractivity contribution in [2.75, 3.05) is 18.6 Å². The Kier molecular flexibility index (Phi) is 4.23. The molecular weight excluding hydrogens is 226 g/mol. The highest BCUT2D eigenvalue weighted by atomic mass is 32.2. The second-order valence-electron chi connectivity index (χ2n) is 3.43. The van der Waals surface area contributed by atoms with Crippen molar-refractivity contribution in [1.82, 2.24) is 5.32 Å². The lowest BCUT2D eigenvalue weighted by Gasteiger charge is -2.17. The highest BCUT2D eigenvalue weighted by Gasteiger charge is 2.30. The molecule has 0 aliphatic heterocycles. The van der Waals surface area contributed by atoms with Gasteiger partial charge in [0, 0.05) is 6.26 Å². The zero-order valence-corrected chi connectivity index (χ0v) is 9.17. The highest BCUT2D eigenvalue weighted by molar-refractivity contribution is 7.91. The third-order valence-electron chi connectivity index (χ3n) is 1.48. The number of carbonyl (C=O) groups excluding carboxylic acids is 1. The van der Waals surface area contributed by atoms with Gasteiger partial charge in [0.2, 0.25) is 5.91 Å². The maximum Gasteiger partial charge on any atom is 0.337 e. The van der Waals surface area contributed by atoms with Crippen molar-refractivity contribution in [3.8, 4) is 0 Å². The van der Waals surface area contributed by atoms with Gasteiger partial charge in [-0.15, -0.1) is 0 Å². The van der Waals surface area contributed by atoms with E-state index >= 15 is 0 Å². The first-order valence-electron chi connectivity index (χ1n) is 3.95. The van der Waals surface area contributed by atoms with Crippen molar-refractivity contribution in [2.45, 2.75) is 12.5 Å². The highest BCUT2D eigenvalue weighted by Crippen LogP contribution is 2.00. The quantitative estimate of drug-likeness (QED) is 0.509. The lowest BCUT2D eigenvalue weighted by Crippen LogP contribution is -2.47. The molecule has 0 aliphatic carbocycles. The maximum atomic E-state index is 10.9. The predicted octanol–water partition coefficient (Wildman–Crippen LogP) is -2.02. The number of aliphatic carboxylic acids is 1. The molecular formula is C7H13NO6S. The van der Waals surface area contributed by atoms with Crippen LogP contribution in [0.3, 0.4) is 0 Å². The molecule has 3 N–H and O–H groups in total. The van der Waals surface area contributed by atoms with Crippen molar-refractivity contribution in [3.05, 3.63) is 0 Å². The minimum absolute atomic E-state index is 0.545. The lowest BCUT2D eigenvalue weighted by atomic mass is 10.1. The Bertz CT molecular complexity index is 358. The molecule has 7 nitrogen and oxygen atoms in total. The molecule has 0 aromatic heterocycles. The summed E-state index contributed by atoms with van der Waals surface area (Å²) in [5.74, 6) is -3.08. The van der Waals surface area contributed by atoms with Gasteiger partial charge in [0.05, 0.1) is 6.54 Å². The Morgan fingerprint density at radius 3 is 2.20 bits per heavy atom. The Morgan fingerprint density at radius 1 is 1.40 bits per heavy atom. The van der Waals surface area contributed by atoms with Crippen LogP contribution >= 0.6 is 0 Å². The van der Waals surface area contributed by atoms with Crippen LogP contribution < -0.4 is 5.32 Å². The number of aliphatic hydroxyl groups is 1. The predicted molar refractivity (Wildman–Crippen MR) is 51.0 cm³/mol. The number of nitrogens with one attached hydrogen (secondary N) is 1. The Balaban J connectivity index is 4.19. The fourth-order valence-corrected chi connectivity index (χ4v) is 1.21. The number of carbonyl (C=O) groups is 2. The summed E-state index contributed by atoms with van der Waals surface area (Å²) < 4.78 is 21.3. The van der Waals surface area contributed by atoms with Crippen LogP contribution in [0, 0.1) is 0 Å². The van der Waals surface area contributed by atoms with Crippen LogP contribution in [-0.2, 0) is 19.4 Å². The van der Waals surface area contributed by atoms with E-state index < -0.39 is 39.6 Å². The third-order valence-corrected chi connectivity index (χ3v) is 2.27. The van der Waals surface area contributed by atoms with Gasteiger partial charge in [0.25, 0.3) is 0 Å². The van der Waals surface area contributed by atoms with Gasteiger partial charge in [0.1, 0.15) is 5.75 Å². The standard InChI is InChI=1S/C7H13NO6S/c1-7(12,6(10)11)4-8-5(9)3-15(2,13)14/h12H,3-4H2,1-2H3,(H,8,9)(H,10,11). The molecule has 0 bridgehead atoms. The van der Waals surface area contributed by atoms with Crippen molar-refractivity contribution >= 4 is 21.7 Å². The number of amides is 1. The first-order valence-corrected chi connectivity index (χ1v) is 6.01. The van der Waals surface area contributed by atoms with E-state index in [1.54, 1.807) is 0 Å². The van der Waals surface area contributed by atoms with Crippen molar-refractivity contribution in [3.63, 3.8) is 0 Å². The minimum Gasteiger partial charge on any atom is -0.479 e. The van der Waals surface area contributed by atoms with Gasteiger partial charge in [0.15, 0.2) is 15.4 Å². The molecule has 0 rings (SSSR count). The first-order chi connectivity index (χ1) is 6.54. The van der Waals surface area contributed by atoms with Gasteiger partial charge in [-0.3, -0.25) is 4.79 Å². The van der Waals surface area contributed by atoms with Crippen LogP contribution in [0.15, 0.2) is 0 Å². The van der Waals surface area contributed by atoms with E-state index in [-0.39, 0.29) is 0 Å². The average Bonchev–Trinajstić information content (AvgIpc) is 1.97. The average molecular weight is 239 g/mol. The number of hydrogen-bond acceptors (Lipinski definition) is 5. The van der Waals surface area contributed by atoms with Crippen LogP contribution in [0.25, 0.3) is 0 Å². The van der Waals surface area contributed by atoms with Gasteiger partial charge in [-0.25, -0.2) is 13.2 Å². The number of hydrogen-bond donors (Lipinski definition) is 3. The second-order valence-corrected chi connectivity index (χ2v) is 5.57. The van der Waals surface area contributed by atoms with E-state index in [0.717, 1.165) is 13.2 Å². The zero-order valence-electron chi connectivity index (χ0n) is 8.35. The summed E-state index contributed by atoms with van der Waals surface area (Å²) in [6.07, 6.45) is 0.877. The number of carboxylic acids is 1. The van der Waals surface area contributed by atoms with Gasteiger partial charge in [-0.2, -0.15) is 0 Å². The zero-order chi connectivity index (χ0) is 12.3. The largest absolute Gasteiger partial charge is 0.479 e. The molecule has 0 saturated carbocycles. The molecule has 0 saturated heterocycles. The van der Waals surface area contributed by atoms with Crippen LogP contribution in [0.5, 0.6) is 0 Å². The van der Waals surface area contributed by atoms with Crippen molar-refractivity contribution < 1.29 is 28.2 Å². The summed E-state index contributed by atoms with van der Waals surface area (Å²) in [4.78, 5) is 21.3. The maximum absolute atomic E-state index is 10.9. The molecule has 1 unspecified atom stereocenters. The summed E-state index contributed by atoms with van der Waals surface area (Å²) in [5, 5.41) is 19.7. The molecule has 88 valence electrons. The normalized spacial score (nSPS) is 15.4. The fourth-order valence-electron chi connectivity index (χ4n) is 0.635. The molecule has 1 amide bonds. The van der Waals surface area contributed by atoms with Gasteiger partial charge in [-0.05, 0) is 6.92 Å². The number of carboxylic acid groups (broad SMARTS) is 1. The van der Waals surface area contributed by atoms with E-state index in [1.807, 2.05) is 5.32 Å². The van der Waals surface area contributed by atoms with Gasteiger partial charge < -0.3 is 15.5 Å². The first kappa shape index (κ1) is 13.8. The molecule has 0 fully saturated rings. The van der Waals surface area contributed by atoms with Gasteiger partial charge >= 0.3 is 5.97 Å². The monoisotopic (exact) mass is 239 g/mol. The minimum atomic E-state index is -3.45. The van der Waals surface area contributed by atoms with Crippen LogP contribution in [0.2, 0.25) is 0 Å². The number of rotatable bonds is 5. The lowest BCUT2D eigenvalue weighted by molar-refractivity contribution is -0.156. The third kappa shape index (κ3) is 6.02. The molecule has 0 heterocycles. The summed E-state index contributed by atoms with van der Waals surface area (Å²) in [5.41, 5.74) is -2.10. The molecule has 1 atom stereocenters. The molecule has 15 heavy (non-hydrogen) atoms. The van der Waals surface area contributed by atoms with Crippen molar-refractivity contribution in [2.24, 2.45) is 0 Å². The molecule has 0 radical (unpaired) electrons. The van der Waals surface area contributed by atoms with E-state index in [1.165, 1.54) is 0 Å². The Morgan fingerprint density at radius 2 is 1.87 bits per heavy atom. The smallest absolute Gasteiger partial charge is 0.337 e. The summed E-state index contributed by atoms with van der Waals surface area (Å²) in [6, 6.07) is 0. The van der Waals surface area contributed by atoms with E-state index in [2.05, 4.69) is 0 Å². The van der Waals surface area contributed by atoms with Crippen molar-refractivity contribution in [1.29, 1.82) is 0 Å². The second kappa shape index (κ2) is 4.58.